The number of hydrogen-bond donors (Lipinski definition) is 1. The number of fused-ring (bicyclic) bond motifs is 1. The molecule has 0 aliphatic heterocycles. The molecule has 1 aromatic carbocycles. The first kappa shape index (κ1) is 13.4. The third kappa shape index (κ3) is 2.06. The Bertz CT molecular complexity index is 630. The van der Waals surface area contributed by atoms with E-state index < -0.39 is 0 Å². The Kier molecular flexibility index (Phi) is 3.38. The zero-order valence-electron chi connectivity index (χ0n) is 12.1. The van der Waals surface area contributed by atoms with E-state index >= 15 is 0 Å². The summed E-state index contributed by atoms with van der Waals surface area (Å²) in [6.07, 6.45) is 3.20. The summed E-state index contributed by atoms with van der Waals surface area (Å²) in [7, 11) is 0. The molecule has 0 spiro atoms. The van der Waals surface area contributed by atoms with Crippen LogP contribution in [0.15, 0.2) is 30.3 Å². The molecule has 1 aromatic heterocycles. The molecule has 0 saturated heterocycles. The summed E-state index contributed by atoms with van der Waals surface area (Å²) in [6, 6.07) is 9.34. The van der Waals surface area contributed by atoms with Gasteiger partial charge in [0.25, 0.3) is 0 Å². The molecule has 1 aliphatic rings. The highest BCUT2D eigenvalue weighted by atomic mass is 19.1. The van der Waals surface area contributed by atoms with Crippen LogP contribution >= 0.6 is 0 Å². The van der Waals surface area contributed by atoms with Gasteiger partial charge in [0.2, 0.25) is 0 Å². The molecule has 3 heteroatoms. The van der Waals surface area contributed by atoms with E-state index in [9.17, 15) is 4.39 Å². The van der Waals surface area contributed by atoms with E-state index in [2.05, 4.69) is 24.5 Å². The molecule has 3 rings (SSSR count). The standard InChI is InChI=1S/C17H21FN2/c1-11-10-14-16(19)8-5-9-17(14)20(11)12(2)13-6-3-4-7-15(13)18/h3-4,6-7,10,12,16H,5,8-9,19H2,1-2H3. The fourth-order valence-electron chi connectivity index (χ4n) is 3.45. The molecule has 0 fully saturated rings. The van der Waals surface area contributed by atoms with Crippen LogP contribution in [0.1, 0.15) is 54.4 Å². The largest absolute Gasteiger partial charge is 0.341 e. The number of aromatic nitrogens is 1. The van der Waals surface area contributed by atoms with Gasteiger partial charge in [0.05, 0.1) is 6.04 Å². The van der Waals surface area contributed by atoms with Crippen molar-refractivity contribution in [1.82, 2.24) is 4.57 Å². The zero-order chi connectivity index (χ0) is 14.3. The van der Waals surface area contributed by atoms with Crippen molar-refractivity contribution in [2.45, 2.75) is 45.2 Å². The minimum Gasteiger partial charge on any atom is -0.341 e. The van der Waals surface area contributed by atoms with Crippen LogP contribution < -0.4 is 5.73 Å². The molecule has 2 atom stereocenters. The number of nitrogens with two attached hydrogens (primary N) is 1. The normalized spacial score (nSPS) is 19.7. The number of aryl methyl sites for hydroxylation is 1. The van der Waals surface area contributed by atoms with Crippen molar-refractivity contribution < 1.29 is 4.39 Å². The highest BCUT2D eigenvalue weighted by Crippen LogP contribution is 2.34. The lowest BCUT2D eigenvalue weighted by Crippen LogP contribution is -2.20. The summed E-state index contributed by atoms with van der Waals surface area (Å²) in [5.41, 5.74) is 10.7. The number of benzene rings is 1. The van der Waals surface area contributed by atoms with Crippen LogP contribution in [0.3, 0.4) is 0 Å². The number of halogens is 1. The third-order valence-corrected chi connectivity index (χ3v) is 4.44. The first-order valence-electron chi connectivity index (χ1n) is 7.30. The van der Waals surface area contributed by atoms with Crippen molar-refractivity contribution in [1.29, 1.82) is 0 Å². The monoisotopic (exact) mass is 272 g/mol. The van der Waals surface area contributed by atoms with Crippen LogP contribution in [-0.4, -0.2) is 4.57 Å². The Labute approximate surface area is 119 Å². The molecule has 0 saturated carbocycles. The van der Waals surface area contributed by atoms with E-state index in [1.807, 2.05) is 12.1 Å². The molecular weight excluding hydrogens is 251 g/mol. The second-order valence-electron chi connectivity index (χ2n) is 5.75. The minimum atomic E-state index is -0.137. The maximum atomic E-state index is 14.0. The quantitative estimate of drug-likeness (QED) is 0.883. The van der Waals surface area contributed by atoms with Gasteiger partial charge in [0, 0.05) is 23.0 Å². The molecular formula is C17H21FN2. The summed E-state index contributed by atoms with van der Waals surface area (Å²) in [4.78, 5) is 0. The second-order valence-corrected chi connectivity index (χ2v) is 5.75. The molecule has 20 heavy (non-hydrogen) atoms. The predicted molar refractivity (Wildman–Crippen MR) is 79.2 cm³/mol. The summed E-state index contributed by atoms with van der Waals surface area (Å²) in [6.45, 7) is 4.15. The molecule has 2 aromatic rings. The summed E-state index contributed by atoms with van der Waals surface area (Å²) in [5, 5.41) is 0. The van der Waals surface area contributed by atoms with E-state index in [1.54, 1.807) is 6.07 Å². The molecule has 2 nitrogen and oxygen atoms in total. The Hall–Kier alpha value is -1.61. The molecule has 1 heterocycles. The van der Waals surface area contributed by atoms with E-state index in [-0.39, 0.29) is 17.9 Å². The van der Waals surface area contributed by atoms with Crippen LogP contribution in [0.25, 0.3) is 0 Å². The van der Waals surface area contributed by atoms with Gasteiger partial charge in [-0.2, -0.15) is 0 Å². The zero-order valence-corrected chi connectivity index (χ0v) is 12.1. The molecule has 0 bridgehead atoms. The molecule has 106 valence electrons. The predicted octanol–water partition coefficient (Wildman–Crippen LogP) is 3.88. The lowest BCUT2D eigenvalue weighted by atomic mass is 9.93. The highest BCUT2D eigenvalue weighted by Gasteiger charge is 2.25. The van der Waals surface area contributed by atoms with Gasteiger partial charge in [-0.1, -0.05) is 18.2 Å². The molecule has 0 amide bonds. The van der Waals surface area contributed by atoms with Gasteiger partial charge in [-0.25, -0.2) is 4.39 Å². The van der Waals surface area contributed by atoms with Gasteiger partial charge in [0.15, 0.2) is 0 Å². The lowest BCUT2D eigenvalue weighted by molar-refractivity contribution is 0.506. The van der Waals surface area contributed by atoms with Gasteiger partial charge in [0.1, 0.15) is 5.82 Å². The van der Waals surface area contributed by atoms with E-state index in [0.29, 0.717) is 0 Å². The number of nitrogens with zero attached hydrogens (tertiary/aromatic N) is 1. The van der Waals surface area contributed by atoms with Crippen molar-refractivity contribution in [2.24, 2.45) is 5.73 Å². The Balaban J connectivity index is 2.09. The summed E-state index contributed by atoms with van der Waals surface area (Å²) in [5.74, 6) is -0.137. The minimum absolute atomic E-state index is 0.00486. The molecule has 2 unspecified atom stereocenters. The van der Waals surface area contributed by atoms with Crippen LogP contribution in [0.2, 0.25) is 0 Å². The van der Waals surface area contributed by atoms with Gasteiger partial charge in [-0.3, -0.25) is 0 Å². The van der Waals surface area contributed by atoms with Gasteiger partial charge < -0.3 is 10.3 Å². The Morgan fingerprint density at radius 1 is 1.35 bits per heavy atom. The van der Waals surface area contributed by atoms with Gasteiger partial charge >= 0.3 is 0 Å². The van der Waals surface area contributed by atoms with Gasteiger partial charge in [-0.05, 0) is 50.8 Å². The molecule has 0 radical (unpaired) electrons. The fraction of sp³-hybridized carbons (Fsp3) is 0.412. The smallest absolute Gasteiger partial charge is 0.128 e. The number of rotatable bonds is 2. The third-order valence-electron chi connectivity index (χ3n) is 4.44. The van der Waals surface area contributed by atoms with Crippen LogP contribution in [-0.2, 0) is 6.42 Å². The lowest BCUT2D eigenvalue weighted by Gasteiger charge is -2.25. The maximum Gasteiger partial charge on any atom is 0.128 e. The van der Waals surface area contributed by atoms with Crippen molar-refractivity contribution in [3.8, 4) is 0 Å². The second kappa shape index (κ2) is 5.06. The van der Waals surface area contributed by atoms with Crippen molar-refractivity contribution >= 4 is 0 Å². The topological polar surface area (TPSA) is 30.9 Å². The van der Waals surface area contributed by atoms with Crippen molar-refractivity contribution in [3.05, 3.63) is 58.7 Å². The van der Waals surface area contributed by atoms with Crippen molar-refractivity contribution in [2.75, 3.05) is 0 Å². The Morgan fingerprint density at radius 3 is 2.85 bits per heavy atom. The average Bonchev–Trinajstić information content (AvgIpc) is 2.76. The first-order valence-corrected chi connectivity index (χ1v) is 7.30. The van der Waals surface area contributed by atoms with Crippen molar-refractivity contribution in [3.63, 3.8) is 0 Å². The van der Waals surface area contributed by atoms with E-state index in [4.69, 9.17) is 5.73 Å². The van der Waals surface area contributed by atoms with Gasteiger partial charge in [-0.15, -0.1) is 0 Å². The fourth-order valence-corrected chi connectivity index (χ4v) is 3.45. The summed E-state index contributed by atoms with van der Waals surface area (Å²) >= 11 is 0. The van der Waals surface area contributed by atoms with E-state index in [0.717, 1.165) is 24.8 Å². The first-order chi connectivity index (χ1) is 9.59. The van der Waals surface area contributed by atoms with Crippen LogP contribution in [0.5, 0.6) is 0 Å². The number of hydrogen-bond acceptors (Lipinski definition) is 1. The van der Waals surface area contributed by atoms with Crippen LogP contribution in [0, 0.1) is 12.7 Å². The average molecular weight is 272 g/mol. The highest BCUT2D eigenvalue weighted by molar-refractivity contribution is 5.35. The maximum absolute atomic E-state index is 14.0. The Morgan fingerprint density at radius 2 is 2.10 bits per heavy atom. The SMILES string of the molecule is Cc1cc2c(n1C(C)c1ccccc1F)CCCC2N. The molecule has 2 N–H and O–H groups in total. The van der Waals surface area contributed by atoms with Crippen LogP contribution in [0.4, 0.5) is 4.39 Å². The summed E-state index contributed by atoms with van der Waals surface area (Å²) < 4.78 is 16.3. The van der Waals surface area contributed by atoms with E-state index in [1.165, 1.54) is 23.0 Å². The molecule has 1 aliphatic carbocycles.